The number of nitrogens with zero attached hydrogens (tertiary/aromatic N) is 1. The van der Waals surface area contributed by atoms with Crippen LogP contribution in [0.3, 0.4) is 0 Å². The zero-order chi connectivity index (χ0) is 15.6. The third-order valence-electron chi connectivity index (χ3n) is 4.94. The Morgan fingerprint density at radius 1 is 1.04 bits per heavy atom. The highest BCUT2D eigenvalue weighted by Gasteiger charge is 2.15. The van der Waals surface area contributed by atoms with E-state index >= 15 is 0 Å². The highest BCUT2D eigenvalue weighted by Crippen LogP contribution is 2.31. The predicted octanol–water partition coefficient (Wildman–Crippen LogP) is 5.29. The van der Waals surface area contributed by atoms with Gasteiger partial charge in [0.2, 0.25) is 0 Å². The van der Waals surface area contributed by atoms with Gasteiger partial charge in [-0.05, 0) is 42.0 Å². The van der Waals surface area contributed by atoms with E-state index in [0.29, 0.717) is 5.92 Å². The average Bonchev–Trinajstić information content (AvgIpc) is 3.05. The Morgan fingerprint density at radius 2 is 1.91 bits per heavy atom. The monoisotopic (exact) mass is 302 g/mol. The molecular formula is C21H22N2. The fourth-order valence-corrected chi connectivity index (χ4v) is 3.54. The molecule has 116 valence electrons. The molecule has 23 heavy (non-hydrogen) atoms. The Balaban J connectivity index is 1.72. The molecule has 2 heteroatoms. The van der Waals surface area contributed by atoms with Crippen LogP contribution in [-0.4, -0.2) is 17.2 Å². The molecule has 2 heterocycles. The summed E-state index contributed by atoms with van der Waals surface area (Å²) in [4.78, 5) is 8.16. The molecule has 3 aromatic rings. The number of nitrogens with one attached hydrogen (secondary N) is 1. The van der Waals surface area contributed by atoms with Gasteiger partial charge in [-0.2, -0.15) is 0 Å². The van der Waals surface area contributed by atoms with Gasteiger partial charge in [0.15, 0.2) is 0 Å². The van der Waals surface area contributed by atoms with E-state index in [1.54, 1.807) is 0 Å². The van der Waals surface area contributed by atoms with Gasteiger partial charge in [0.25, 0.3) is 0 Å². The molecule has 0 aliphatic carbocycles. The predicted molar refractivity (Wildman–Crippen MR) is 97.5 cm³/mol. The van der Waals surface area contributed by atoms with Crippen molar-refractivity contribution in [3.8, 4) is 0 Å². The topological polar surface area (TPSA) is 28.1 Å². The van der Waals surface area contributed by atoms with Crippen molar-refractivity contribution in [2.75, 3.05) is 6.54 Å². The molecule has 1 aliphatic rings. The summed E-state index contributed by atoms with van der Waals surface area (Å²) in [7, 11) is 0. The number of hydrogen-bond acceptors (Lipinski definition) is 1. The second-order valence-corrected chi connectivity index (χ2v) is 6.42. The maximum atomic E-state index is 4.70. The summed E-state index contributed by atoms with van der Waals surface area (Å²) in [5.41, 5.74) is 6.48. The molecule has 1 N–H and O–H groups in total. The quantitative estimate of drug-likeness (QED) is 0.680. The van der Waals surface area contributed by atoms with Gasteiger partial charge < -0.3 is 4.98 Å². The van der Waals surface area contributed by atoms with Crippen LogP contribution < -0.4 is 0 Å². The number of aliphatic imine (C=N–C) groups is 1. The van der Waals surface area contributed by atoms with Crippen LogP contribution in [0.5, 0.6) is 0 Å². The van der Waals surface area contributed by atoms with Crippen molar-refractivity contribution in [2.24, 2.45) is 4.99 Å². The van der Waals surface area contributed by atoms with Gasteiger partial charge >= 0.3 is 0 Å². The fraction of sp³-hybridized carbons (Fsp3) is 0.286. The molecule has 4 rings (SSSR count). The minimum atomic E-state index is 0.392. The summed E-state index contributed by atoms with van der Waals surface area (Å²) < 4.78 is 0. The zero-order valence-corrected chi connectivity index (χ0v) is 13.5. The lowest BCUT2D eigenvalue weighted by molar-refractivity contribution is 0.738. The van der Waals surface area contributed by atoms with Gasteiger partial charge in [0, 0.05) is 35.3 Å². The van der Waals surface area contributed by atoms with Gasteiger partial charge in [-0.15, -0.1) is 0 Å². The summed E-state index contributed by atoms with van der Waals surface area (Å²) in [5.74, 6) is 0.392. The molecule has 1 aromatic heterocycles. The van der Waals surface area contributed by atoms with Crippen molar-refractivity contribution in [1.82, 2.24) is 4.98 Å². The van der Waals surface area contributed by atoms with Crippen LogP contribution in [0.25, 0.3) is 10.9 Å². The largest absolute Gasteiger partial charge is 0.361 e. The molecular weight excluding hydrogens is 280 g/mol. The van der Waals surface area contributed by atoms with Crippen molar-refractivity contribution in [3.63, 3.8) is 0 Å². The van der Waals surface area contributed by atoms with Gasteiger partial charge in [-0.3, -0.25) is 4.99 Å². The first-order chi connectivity index (χ1) is 11.3. The molecule has 0 spiro atoms. The molecule has 0 fully saturated rings. The van der Waals surface area contributed by atoms with Crippen LogP contribution in [0.15, 0.2) is 59.7 Å². The Morgan fingerprint density at radius 3 is 2.70 bits per heavy atom. The molecule has 0 saturated carbocycles. The van der Waals surface area contributed by atoms with Crippen LogP contribution in [-0.2, 0) is 0 Å². The second-order valence-electron chi connectivity index (χ2n) is 6.42. The van der Waals surface area contributed by atoms with E-state index in [-0.39, 0.29) is 0 Å². The average molecular weight is 302 g/mol. The summed E-state index contributed by atoms with van der Waals surface area (Å²) in [6.45, 7) is 3.26. The van der Waals surface area contributed by atoms with Crippen molar-refractivity contribution in [2.45, 2.75) is 32.1 Å². The number of H-pyrrole nitrogens is 1. The number of benzene rings is 2. The summed E-state index contributed by atoms with van der Waals surface area (Å²) >= 11 is 0. The van der Waals surface area contributed by atoms with E-state index in [2.05, 4.69) is 66.6 Å². The van der Waals surface area contributed by atoms with Crippen LogP contribution in [0.1, 0.15) is 48.8 Å². The highest BCUT2D eigenvalue weighted by molar-refractivity contribution is 6.03. The smallest absolute Gasteiger partial charge is 0.0463 e. The second kappa shape index (κ2) is 6.04. The van der Waals surface area contributed by atoms with Crippen LogP contribution in [0, 0.1) is 0 Å². The van der Waals surface area contributed by atoms with E-state index in [1.165, 1.54) is 46.1 Å². The summed E-state index contributed by atoms with van der Waals surface area (Å²) in [6, 6.07) is 17.5. The van der Waals surface area contributed by atoms with Crippen LogP contribution >= 0.6 is 0 Å². The molecule has 0 amide bonds. The van der Waals surface area contributed by atoms with E-state index in [4.69, 9.17) is 4.99 Å². The maximum absolute atomic E-state index is 4.70. The first kappa shape index (κ1) is 14.3. The lowest BCUT2D eigenvalue weighted by atomic mass is 9.92. The molecule has 2 nitrogen and oxygen atoms in total. The number of fused-ring (bicyclic) bond motifs is 1. The van der Waals surface area contributed by atoms with E-state index in [0.717, 1.165) is 13.0 Å². The third kappa shape index (κ3) is 2.70. The van der Waals surface area contributed by atoms with Crippen LogP contribution in [0.4, 0.5) is 0 Å². The van der Waals surface area contributed by atoms with Gasteiger partial charge in [0.1, 0.15) is 0 Å². The van der Waals surface area contributed by atoms with Crippen molar-refractivity contribution < 1.29 is 0 Å². The van der Waals surface area contributed by atoms with Crippen molar-refractivity contribution in [3.05, 3.63) is 71.4 Å². The van der Waals surface area contributed by atoms with Crippen LogP contribution in [0.2, 0.25) is 0 Å². The number of rotatable bonds is 3. The maximum Gasteiger partial charge on any atom is 0.0463 e. The van der Waals surface area contributed by atoms with Crippen molar-refractivity contribution >= 4 is 16.6 Å². The Kier molecular flexibility index (Phi) is 3.74. The summed E-state index contributed by atoms with van der Waals surface area (Å²) in [5, 5.41) is 1.32. The Labute approximate surface area is 137 Å². The molecule has 0 radical (unpaired) electrons. The molecule has 0 bridgehead atoms. The Hall–Kier alpha value is -2.35. The first-order valence-corrected chi connectivity index (χ1v) is 8.52. The van der Waals surface area contributed by atoms with E-state index < -0.39 is 0 Å². The fourth-order valence-electron chi connectivity index (χ4n) is 3.54. The third-order valence-corrected chi connectivity index (χ3v) is 4.94. The standard InChI is InChI=1S/C21H22N2/c1-15(16-7-3-2-4-8-16)19-14-23-21-13-17(10-11-18(19)21)20-9-5-6-12-22-20/h2-4,7-8,10-11,13-15,23H,5-6,9,12H2,1H3. The molecule has 2 aromatic carbocycles. The molecule has 1 unspecified atom stereocenters. The lowest BCUT2D eigenvalue weighted by Crippen LogP contribution is -2.07. The first-order valence-electron chi connectivity index (χ1n) is 8.52. The zero-order valence-electron chi connectivity index (χ0n) is 13.5. The molecule has 1 atom stereocenters. The normalized spacial score (nSPS) is 16.3. The minimum Gasteiger partial charge on any atom is -0.361 e. The lowest BCUT2D eigenvalue weighted by Gasteiger charge is -2.13. The Bertz CT molecular complexity index is 843. The van der Waals surface area contributed by atoms with Crippen molar-refractivity contribution in [1.29, 1.82) is 0 Å². The number of hydrogen-bond donors (Lipinski definition) is 1. The minimum absolute atomic E-state index is 0.392. The summed E-state index contributed by atoms with van der Waals surface area (Å²) in [6.07, 6.45) is 5.76. The van der Waals surface area contributed by atoms with E-state index in [1.807, 2.05) is 0 Å². The number of aromatic nitrogens is 1. The van der Waals surface area contributed by atoms with E-state index in [9.17, 15) is 0 Å². The highest BCUT2D eigenvalue weighted by atomic mass is 14.7. The molecule has 1 aliphatic heterocycles. The molecule has 0 saturated heterocycles. The van der Waals surface area contributed by atoms with Gasteiger partial charge in [-0.25, -0.2) is 0 Å². The van der Waals surface area contributed by atoms with Gasteiger partial charge in [-0.1, -0.05) is 49.4 Å². The SMILES string of the molecule is CC(c1ccccc1)c1c[nH]c2cc(C3=NCCCC3)ccc12. The van der Waals surface area contributed by atoms with Gasteiger partial charge in [0.05, 0.1) is 0 Å². The number of aromatic amines is 1.